The first-order valence-electron chi connectivity index (χ1n) is 8.33. The molecule has 1 aliphatic rings. The van der Waals surface area contributed by atoms with E-state index in [4.69, 9.17) is 0 Å². The zero-order chi connectivity index (χ0) is 18.8. The third-order valence-corrected chi connectivity index (χ3v) is 7.18. The van der Waals surface area contributed by atoms with Crippen LogP contribution < -0.4 is 0 Å². The molecule has 0 aromatic heterocycles. The molecule has 3 rings (SSSR count). The van der Waals surface area contributed by atoms with Crippen molar-refractivity contribution in [1.29, 1.82) is 0 Å². The number of carbonyl (C=O) groups is 1. The standard InChI is InChI=1S/C19H20F3NOP2/c1-25-26-23-12-11-18(17(23)24,13-14-5-3-2-4-6-14)15-7-9-16(10-8-15)19(20,21)22/h2-10,25-26H,11-13H2,1H3/t18-/m1/s1. The van der Waals surface area contributed by atoms with Crippen LogP contribution in [0.2, 0.25) is 0 Å². The molecule has 0 saturated carbocycles. The van der Waals surface area contributed by atoms with Gasteiger partial charge in [0.05, 0.1) is 11.0 Å². The fourth-order valence-electron chi connectivity index (χ4n) is 3.47. The number of halogens is 3. The quantitative estimate of drug-likeness (QED) is 0.633. The molecular formula is C19H20F3NOP2. The van der Waals surface area contributed by atoms with E-state index in [0.29, 0.717) is 41.6 Å². The summed E-state index contributed by atoms with van der Waals surface area (Å²) in [5.74, 6) is 0.0359. The van der Waals surface area contributed by atoms with Gasteiger partial charge in [-0.1, -0.05) is 50.7 Å². The number of hydrogen-bond acceptors (Lipinski definition) is 1. The van der Waals surface area contributed by atoms with Crippen LogP contribution in [0.15, 0.2) is 54.6 Å². The van der Waals surface area contributed by atoms with E-state index in [0.717, 1.165) is 17.7 Å². The van der Waals surface area contributed by atoms with Crippen molar-refractivity contribution in [2.24, 2.45) is 0 Å². The van der Waals surface area contributed by atoms with Crippen molar-refractivity contribution in [3.8, 4) is 0 Å². The van der Waals surface area contributed by atoms with Crippen molar-refractivity contribution in [3.05, 3.63) is 71.3 Å². The van der Waals surface area contributed by atoms with E-state index in [1.54, 1.807) is 0 Å². The Bertz CT molecular complexity index is 765. The first-order valence-corrected chi connectivity index (χ1v) is 11.8. The van der Waals surface area contributed by atoms with Crippen LogP contribution >= 0.6 is 16.7 Å². The summed E-state index contributed by atoms with van der Waals surface area (Å²) in [6, 6.07) is 14.8. The van der Waals surface area contributed by atoms with Gasteiger partial charge >= 0.3 is 6.18 Å². The topological polar surface area (TPSA) is 20.3 Å². The van der Waals surface area contributed by atoms with Gasteiger partial charge in [-0.25, -0.2) is 0 Å². The van der Waals surface area contributed by atoms with Gasteiger partial charge in [-0.05, 0) is 42.8 Å². The van der Waals surface area contributed by atoms with Gasteiger partial charge in [0.15, 0.2) is 0 Å². The van der Waals surface area contributed by atoms with E-state index in [-0.39, 0.29) is 5.91 Å². The third kappa shape index (κ3) is 3.80. The van der Waals surface area contributed by atoms with Crippen LogP contribution in [-0.4, -0.2) is 23.8 Å². The summed E-state index contributed by atoms with van der Waals surface area (Å²) >= 11 is 0. The predicted molar refractivity (Wildman–Crippen MR) is 102 cm³/mol. The fourth-order valence-corrected chi connectivity index (χ4v) is 5.73. The molecule has 0 bridgehead atoms. The number of nitrogens with zero attached hydrogens (tertiary/aromatic N) is 1. The lowest BCUT2D eigenvalue weighted by Gasteiger charge is -2.29. The Morgan fingerprint density at radius 2 is 1.73 bits per heavy atom. The summed E-state index contributed by atoms with van der Waals surface area (Å²) in [5, 5.41) is 0. The second-order valence-corrected chi connectivity index (χ2v) is 9.82. The van der Waals surface area contributed by atoms with Crippen LogP contribution in [0, 0.1) is 0 Å². The Morgan fingerprint density at radius 1 is 1.08 bits per heavy atom. The number of rotatable bonds is 5. The normalized spacial score (nSPS) is 21.5. The van der Waals surface area contributed by atoms with E-state index >= 15 is 0 Å². The maximum atomic E-state index is 13.2. The average Bonchev–Trinajstić information content (AvgIpc) is 2.93. The highest BCUT2D eigenvalue weighted by atomic mass is 32.0. The molecule has 1 amide bonds. The lowest BCUT2D eigenvalue weighted by Crippen LogP contribution is -2.37. The predicted octanol–water partition coefficient (Wildman–Crippen LogP) is 5.24. The van der Waals surface area contributed by atoms with Gasteiger partial charge in [-0.15, -0.1) is 0 Å². The molecule has 0 radical (unpaired) electrons. The number of benzene rings is 2. The van der Waals surface area contributed by atoms with E-state index < -0.39 is 17.2 Å². The molecular weight excluding hydrogens is 377 g/mol. The first-order chi connectivity index (χ1) is 12.4. The van der Waals surface area contributed by atoms with E-state index in [1.165, 1.54) is 12.1 Å². The second-order valence-electron chi connectivity index (χ2n) is 6.39. The zero-order valence-electron chi connectivity index (χ0n) is 14.3. The van der Waals surface area contributed by atoms with E-state index in [1.807, 2.05) is 35.0 Å². The Balaban J connectivity index is 2.00. The molecule has 1 saturated heterocycles. The van der Waals surface area contributed by atoms with Gasteiger partial charge in [-0.2, -0.15) is 13.2 Å². The minimum absolute atomic E-state index is 0.0359. The van der Waals surface area contributed by atoms with Gasteiger partial charge in [-0.3, -0.25) is 4.79 Å². The lowest BCUT2D eigenvalue weighted by atomic mass is 9.74. The van der Waals surface area contributed by atoms with Crippen molar-refractivity contribution in [1.82, 2.24) is 4.67 Å². The summed E-state index contributed by atoms with van der Waals surface area (Å²) in [6.45, 7) is 2.72. The molecule has 1 aliphatic heterocycles. The number of carbonyl (C=O) groups excluding carboxylic acids is 1. The van der Waals surface area contributed by atoms with Crippen LogP contribution in [0.5, 0.6) is 0 Å². The molecule has 0 aliphatic carbocycles. The molecule has 3 atom stereocenters. The molecule has 26 heavy (non-hydrogen) atoms. The maximum Gasteiger partial charge on any atom is 0.416 e. The minimum Gasteiger partial charge on any atom is -0.320 e. The number of alkyl halides is 3. The highest BCUT2D eigenvalue weighted by molar-refractivity contribution is 8.10. The minimum atomic E-state index is -4.37. The van der Waals surface area contributed by atoms with Crippen molar-refractivity contribution < 1.29 is 18.0 Å². The summed E-state index contributed by atoms with van der Waals surface area (Å²) in [6.07, 6.45) is -3.24. The smallest absolute Gasteiger partial charge is 0.320 e. The maximum absolute atomic E-state index is 13.2. The third-order valence-electron chi connectivity index (χ3n) is 4.78. The molecule has 2 nitrogen and oxygen atoms in total. The highest BCUT2D eigenvalue weighted by Crippen LogP contribution is 2.48. The van der Waals surface area contributed by atoms with E-state index in [2.05, 4.69) is 6.66 Å². The monoisotopic (exact) mass is 397 g/mol. The Hall–Kier alpha value is -1.44. The van der Waals surface area contributed by atoms with Gasteiger partial charge < -0.3 is 4.67 Å². The van der Waals surface area contributed by atoms with Crippen LogP contribution in [-0.2, 0) is 22.8 Å². The van der Waals surface area contributed by atoms with Gasteiger partial charge in [0, 0.05) is 15.0 Å². The summed E-state index contributed by atoms with van der Waals surface area (Å²) < 4.78 is 40.6. The van der Waals surface area contributed by atoms with Crippen LogP contribution in [0.1, 0.15) is 23.1 Å². The molecule has 0 spiro atoms. The zero-order valence-corrected chi connectivity index (χ0v) is 16.3. The lowest BCUT2D eigenvalue weighted by molar-refractivity contribution is -0.137. The largest absolute Gasteiger partial charge is 0.416 e. The summed E-state index contributed by atoms with van der Waals surface area (Å²) in [7, 11) is 1.10. The molecule has 7 heteroatoms. The van der Waals surface area contributed by atoms with E-state index in [9.17, 15) is 18.0 Å². The fraction of sp³-hybridized carbons (Fsp3) is 0.316. The van der Waals surface area contributed by atoms with Crippen LogP contribution in [0.25, 0.3) is 0 Å². The van der Waals surface area contributed by atoms with Crippen molar-refractivity contribution in [3.63, 3.8) is 0 Å². The number of amides is 1. The van der Waals surface area contributed by atoms with Crippen molar-refractivity contribution in [2.75, 3.05) is 13.2 Å². The summed E-state index contributed by atoms with van der Waals surface area (Å²) in [4.78, 5) is 13.2. The average molecular weight is 397 g/mol. The molecule has 138 valence electrons. The Kier molecular flexibility index (Phi) is 5.69. The molecule has 2 aromatic carbocycles. The Morgan fingerprint density at radius 3 is 2.31 bits per heavy atom. The molecule has 1 fully saturated rings. The molecule has 2 unspecified atom stereocenters. The number of hydrogen-bond donors (Lipinski definition) is 0. The van der Waals surface area contributed by atoms with Crippen LogP contribution in [0.3, 0.4) is 0 Å². The van der Waals surface area contributed by atoms with Gasteiger partial charge in [0.2, 0.25) is 5.91 Å². The highest BCUT2D eigenvalue weighted by Gasteiger charge is 2.48. The van der Waals surface area contributed by atoms with Crippen LogP contribution in [0.4, 0.5) is 13.2 Å². The Labute approximate surface area is 154 Å². The van der Waals surface area contributed by atoms with Gasteiger partial charge in [0.25, 0.3) is 0 Å². The molecule has 2 aromatic rings. The summed E-state index contributed by atoms with van der Waals surface area (Å²) in [5.41, 5.74) is 0.226. The van der Waals surface area contributed by atoms with Crippen molar-refractivity contribution >= 4 is 22.6 Å². The van der Waals surface area contributed by atoms with Crippen molar-refractivity contribution in [2.45, 2.75) is 24.4 Å². The molecule has 1 heterocycles. The SMILES string of the molecule is CPPN1CC[C@@](Cc2ccccc2)(c2ccc(C(F)(F)F)cc2)C1=O. The second kappa shape index (κ2) is 7.66. The molecule has 0 N–H and O–H groups in total. The first kappa shape index (κ1) is 19.3. The van der Waals surface area contributed by atoms with Gasteiger partial charge in [0.1, 0.15) is 0 Å².